The lowest BCUT2D eigenvalue weighted by Crippen LogP contribution is -2.23. The number of rotatable bonds is 4. The van der Waals surface area contributed by atoms with Crippen LogP contribution in [0.25, 0.3) is 5.57 Å². The van der Waals surface area contributed by atoms with Gasteiger partial charge < -0.3 is 10.3 Å². The van der Waals surface area contributed by atoms with Gasteiger partial charge in [-0.15, -0.1) is 0 Å². The van der Waals surface area contributed by atoms with E-state index < -0.39 is 0 Å². The van der Waals surface area contributed by atoms with Crippen LogP contribution in [0, 0.1) is 0 Å². The molecule has 1 aliphatic carbocycles. The molecule has 1 aromatic heterocycles. The standard InChI is InChI=1S/C20H18Cl2N2O2/c21-16-6-3-12(9-17(16)22)15(10-13-4-8-19(25)23-13)18-7-5-14(11-1-2-11)20(26)24-18/h3,5-7,9-11,13H,1-2,4,8H2,(H,23,25)(H,24,26)/b15-10-/t13-/m1/s1. The number of H-pyrrole nitrogens is 1. The number of carbonyl (C=O) groups is 1. The van der Waals surface area contributed by atoms with Crippen LogP contribution < -0.4 is 10.9 Å². The molecule has 1 saturated carbocycles. The van der Waals surface area contributed by atoms with Crippen LogP contribution in [0.5, 0.6) is 0 Å². The molecule has 1 aromatic carbocycles. The van der Waals surface area contributed by atoms with E-state index in [9.17, 15) is 9.59 Å². The largest absolute Gasteiger partial charge is 0.350 e. The summed E-state index contributed by atoms with van der Waals surface area (Å²) >= 11 is 12.2. The Hall–Kier alpha value is -2.04. The monoisotopic (exact) mass is 388 g/mol. The Morgan fingerprint density at radius 1 is 1.04 bits per heavy atom. The summed E-state index contributed by atoms with van der Waals surface area (Å²) < 4.78 is 0. The first-order valence-corrected chi connectivity index (χ1v) is 9.47. The van der Waals surface area contributed by atoms with Crippen LogP contribution in [0.3, 0.4) is 0 Å². The van der Waals surface area contributed by atoms with Crippen molar-refractivity contribution in [1.29, 1.82) is 0 Å². The maximum absolute atomic E-state index is 12.5. The molecule has 2 aromatic rings. The fourth-order valence-electron chi connectivity index (χ4n) is 3.33. The molecule has 1 saturated heterocycles. The topological polar surface area (TPSA) is 62.0 Å². The number of pyridine rings is 1. The lowest BCUT2D eigenvalue weighted by Gasteiger charge is -2.13. The van der Waals surface area contributed by atoms with Crippen LogP contribution in [0.4, 0.5) is 0 Å². The summed E-state index contributed by atoms with van der Waals surface area (Å²) in [4.78, 5) is 27.0. The first kappa shape index (κ1) is 17.4. The molecule has 4 rings (SSSR count). The third kappa shape index (κ3) is 3.57. The maximum atomic E-state index is 12.5. The number of nitrogens with one attached hydrogen (secondary N) is 2. The SMILES string of the molecule is O=C1CC[C@H](/C=C(/c2ccc(Cl)c(Cl)c2)c2ccc(C3CC3)c(=O)[nH]2)N1. The van der Waals surface area contributed by atoms with Crippen molar-refractivity contribution in [3.8, 4) is 0 Å². The molecule has 2 N–H and O–H groups in total. The van der Waals surface area contributed by atoms with Crippen LogP contribution in [-0.2, 0) is 4.79 Å². The van der Waals surface area contributed by atoms with E-state index in [-0.39, 0.29) is 17.5 Å². The quantitative estimate of drug-likeness (QED) is 0.821. The van der Waals surface area contributed by atoms with E-state index in [0.717, 1.165) is 36.0 Å². The van der Waals surface area contributed by atoms with Crippen molar-refractivity contribution < 1.29 is 4.79 Å². The van der Waals surface area contributed by atoms with Crippen molar-refractivity contribution in [1.82, 2.24) is 10.3 Å². The van der Waals surface area contributed by atoms with Gasteiger partial charge in [0, 0.05) is 29.3 Å². The first-order chi connectivity index (χ1) is 12.5. The minimum Gasteiger partial charge on any atom is -0.350 e. The van der Waals surface area contributed by atoms with Crippen LogP contribution in [0.15, 0.2) is 41.2 Å². The number of benzene rings is 1. The summed E-state index contributed by atoms with van der Waals surface area (Å²) in [5.74, 6) is 0.427. The second-order valence-corrected chi connectivity index (χ2v) is 7.67. The predicted octanol–water partition coefficient (Wildman–Crippen LogP) is 4.27. The molecular formula is C20H18Cl2N2O2. The van der Waals surface area contributed by atoms with E-state index in [0.29, 0.717) is 28.1 Å². The molecule has 0 bridgehead atoms. The van der Waals surface area contributed by atoms with Crippen LogP contribution in [0.2, 0.25) is 10.0 Å². The zero-order valence-corrected chi connectivity index (χ0v) is 15.5. The van der Waals surface area contributed by atoms with Crippen LogP contribution >= 0.6 is 23.2 Å². The maximum Gasteiger partial charge on any atom is 0.251 e. The number of hydrogen-bond acceptors (Lipinski definition) is 2. The van der Waals surface area contributed by atoms with Crippen molar-refractivity contribution in [3.63, 3.8) is 0 Å². The van der Waals surface area contributed by atoms with Gasteiger partial charge in [0.05, 0.1) is 10.0 Å². The third-order valence-corrected chi connectivity index (χ3v) is 5.61. The van der Waals surface area contributed by atoms with Gasteiger partial charge in [-0.25, -0.2) is 0 Å². The van der Waals surface area contributed by atoms with Crippen LogP contribution in [0.1, 0.15) is 48.4 Å². The lowest BCUT2D eigenvalue weighted by atomic mass is 9.98. The van der Waals surface area contributed by atoms with Gasteiger partial charge >= 0.3 is 0 Å². The molecular weight excluding hydrogens is 371 g/mol. The molecule has 0 radical (unpaired) electrons. The van der Waals surface area contributed by atoms with Gasteiger partial charge in [-0.05, 0) is 48.9 Å². The van der Waals surface area contributed by atoms with Crippen molar-refractivity contribution >= 4 is 34.7 Å². The minimum absolute atomic E-state index is 0.0392. The summed E-state index contributed by atoms with van der Waals surface area (Å²) in [6.45, 7) is 0. The van der Waals surface area contributed by atoms with E-state index in [2.05, 4.69) is 10.3 Å². The van der Waals surface area contributed by atoms with Gasteiger partial charge in [-0.2, -0.15) is 0 Å². The highest BCUT2D eigenvalue weighted by atomic mass is 35.5. The van der Waals surface area contributed by atoms with Crippen molar-refractivity contribution in [2.45, 2.75) is 37.6 Å². The fraction of sp³-hybridized carbons (Fsp3) is 0.300. The summed E-state index contributed by atoms with van der Waals surface area (Å²) in [5, 5.41) is 3.86. The molecule has 1 aliphatic heterocycles. The molecule has 2 fully saturated rings. The first-order valence-electron chi connectivity index (χ1n) is 8.71. The van der Waals surface area contributed by atoms with E-state index in [4.69, 9.17) is 23.2 Å². The molecule has 26 heavy (non-hydrogen) atoms. The molecule has 6 heteroatoms. The number of carbonyl (C=O) groups excluding carboxylic acids is 1. The van der Waals surface area contributed by atoms with Crippen molar-refractivity contribution in [2.75, 3.05) is 0 Å². The fourth-order valence-corrected chi connectivity index (χ4v) is 3.63. The number of aromatic amines is 1. The zero-order valence-electron chi connectivity index (χ0n) is 14.0. The van der Waals surface area contributed by atoms with E-state index in [1.165, 1.54) is 0 Å². The highest BCUT2D eigenvalue weighted by Crippen LogP contribution is 2.38. The Bertz CT molecular complexity index is 961. The Morgan fingerprint density at radius 3 is 2.46 bits per heavy atom. The molecule has 1 atom stereocenters. The normalized spacial score (nSPS) is 20.3. The molecule has 0 spiro atoms. The number of aromatic nitrogens is 1. The summed E-state index contributed by atoms with van der Waals surface area (Å²) in [6.07, 6.45) is 5.37. The van der Waals surface area contributed by atoms with E-state index >= 15 is 0 Å². The van der Waals surface area contributed by atoms with Gasteiger partial charge in [0.2, 0.25) is 5.91 Å². The van der Waals surface area contributed by atoms with Crippen molar-refractivity contribution in [2.24, 2.45) is 0 Å². The Kier molecular flexibility index (Phi) is 4.63. The molecule has 4 nitrogen and oxygen atoms in total. The van der Waals surface area contributed by atoms with E-state index in [1.54, 1.807) is 12.1 Å². The highest BCUT2D eigenvalue weighted by molar-refractivity contribution is 6.42. The minimum atomic E-state index is -0.0708. The number of halogens is 2. The molecule has 2 heterocycles. The Balaban J connectivity index is 1.78. The second kappa shape index (κ2) is 6.93. The molecule has 2 aliphatic rings. The zero-order chi connectivity index (χ0) is 18.3. The second-order valence-electron chi connectivity index (χ2n) is 6.85. The number of hydrogen-bond donors (Lipinski definition) is 2. The highest BCUT2D eigenvalue weighted by Gasteiger charge is 2.26. The molecule has 1 amide bonds. The molecule has 0 unspecified atom stereocenters. The lowest BCUT2D eigenvalue weighted by molar-refractivity contribution is -0.119. The Morgan fingerprint density at radius 2 is 1.85 bits per heavy atom. The average molecular weight is 389 g/mol. The summed E-state index contributed by atoms with van der Waals surface area (Å²) in [5.41, 5.74) is 3.17. The third-order valence-electron chi connectivity index (χ3n) is 4.87. The predicted molar refractivity (Wildman–Crippen MR) is 104 cm³/mol. The van der Waals surface area contributed by atoms with Crippen molar-refractivity contribution in [3.05, 3.63) is 73.6 Å². The molecule has 134 valence electrons. The van der Waals surface area contributed by atoms with Crippen LogP contribution in [-0.4, -0.2) is 16.9 Å². The van der Waals surface area contributed by atoms with Gasteiger partial charge in [0.15, 0.2) is 0 Å². The Labute approximate surface area is 161 Å². The summed E-state index contributed by atoms with van der Waals surface area (Å²) in [7, 11) is 0. The smallest absolute Gasteiger partial charge is 0.251 e. The van der Waals surface area contributed by atoms with Gasteiger partial charge in [-0.3, -0.25) is 9.59 Å². The summed E-state index contributed by atoms with van der Waals surface area (Å²) in [6, 6.07) is 9.14. The van der Waals surface area contributed by atoms with Gasteiger partial charge in [0.1, 0.15) is 0 Å². The van der Waals surface area contributed by atoms with Gasteiger partial charge in [0.25, 0.3) is 5.56 Å². The van der Waals surface area contributed by atoms with Gasteiger partial charge in [-0.1, -0.05) is 41.4 Å². The average Bonchev–Trinajstić information content (AvgIpc) is 3.37. The van der Waals surface area contributed by atoms with E-state index in [1.807, 2.05) is 24.3 Å². The number of amides is 1.